The van der Waals surface area contributed by atoms with E-state index in [1.54, 1.807) is 35.1 Å². The van der Waals surface area contributed by atoms with Gasteiger partial charge in [-0.2, -0.15) is 5.10 Å². The highest BCUT2D eigenvalue weighted by Crippen LogP contribution is 2.24. The highest BCUT2D eigenvalue weighted by Gasteiger charge is 2.14. The molecule has 0 atom stereocenters. The van der Waals surface area contributed by atoms with Crippen LogP contribution >= 0.6 is 11.6 Å². The van der Waals surface area contributed by atoms with Gasteiger partial charge in [-0.15, -0.1) is 0 Å². The van der Waals surface area contributed by atoms with Gasteiger partial charge in [-0.1, -0.05) is 23.7 Å². The fraction of sp³-hybridized carbons (Fsp3) is 0.111. The molecule has 0 spiro atoms. The van der Waals surface area contributed by atoms with E-state index in [9.17, 15) is 9.90 Å². The minimum atomic E-state index is -0.432. The van der Waals surface area contributed by atoms with Crippen LogP contribution in [0, 0.1) is 0 Å². The van der Waals surface area contributed by atoms with Crippen LogP contribution in [0.25, 0.3) is 0 Å². The first-order chi connectivity index (χ1) is 12.1. The quantitative estimate of drug-likeness (QED) is 0.732. The number of hydrogen-bond acceptors (Lipinski definition) is 4. The van der Waals surface area contributed by atoms with Crippen molar-refractivity contribution in [2.24, 2.45) is 0 Å². The summed E-state index contributed by atoms with van der Waals surface area (Å²) in [5.41, 5.74) is 1.15. The van der Waals surface area contributed by atoms with Gasteiger partial charge < -0.3 is 15.2 Å². The van der Waals surface area contributed by atoms with Gasteiger partial charge in [0.25, 0.3) is 5.91 Å². The molecule has 7 heteroatoms. The van der Waals surface area contributed by atoms with Crippen LogP contribution in [-0.2, 0) is 6.54 Å². The second-order valence-corrected chi connectivity index (χ2v) is 5.77. The van der Waals surface area contributed by atoms with Crippen molar-refractivity contribution >= 4 is 23.3 Å². The molecule has 0 bridgehead atoms. The largest absolute Gasteiger partial charge is 0.507 e. The van der Waals surface area contributed by atoms with E-state index in [4.69, 9.17) is 16.3 Å². The molecule has 0 aliphatic heterocycles. The Morgan fingerprint density at radius 2 is 2.00 bits per heavy atom. The number of aromatic hydroxyl groups is 1. The van der Waals surface area contributed by atoms with E-state index in [2.05, 4.69) is 10.4 Å². The maximum atomic E-state index is 12.4. The van der Waals surface area contributed by atoms with Crippen LogP contribution in [0.15, 0.2) is 54.7 Å². The first-order valence-electron chi connectivity index (χ1n) is 7.51. The van der Waals surface area contributed by atoms with E-state index in [1.165, 1.54) is 19.2 Å². The number of phenols is 1. The second kappa shape index (κ2) is 7.27. The van der Waals surface area contributed by atoms with E-state index in [-0.39, 0.29) is 11.3 Å². The zero-order chi connectivity index (χ0) is 17.8. The van der Waals surface area contributed by atoms with Crippen molar-refractivity contribution in [1.29, 1.82) is 0 Å². The lowest BCUT2D eigenvalue weighted by molar-refractivity contribution is 0.102. The van der Waals surface area contributed by atoms with Crippen LogP contribution in [-0.4, -0.2) is 27.9 Å². The molecule has 0 unspecified atom stereocenters. The average molecular weight is 358 g/mol. The van der Waals surface area contributed by atoms with Crippen molar-refractivity contribution in [2.45, 2.75) is 6.54 Å². The Labute approximate surface area is 149 Å². The molecule has 2 aromatic carbocycles. The topological polar surface area (TPSA) is 76.4 Å². The number of carbonyl (C=O) groups is 1. The molecule has 3 aromatic rings. The highest BCUT2D eigenvalue weighted by molar-refractivity contribution is 6.30. The first-order valence-corrected chi connectivity index (χ1v) is 7.89. The number of halogens is 1. The summed E-state index contributed by atoms with van der Waals surface area (Å²) in [6.45, 7) is 0.481. The van der Waals surface area contributed by atoms with Crippen LogP contribution in [0.4, 0.5) is 5.82 Å². The normalized spacial score (nSPS) is 10.5. The number of hydrogen-bond donors (Lipinski definition) is 2. The maximum absolute atomic E-state index is 12.4. The van der Waals surface area contributed by atoms with Crippen LogP contribution in [0.3, 0.4) is 0 Å². The summed E-state index contributed by atoms with van der Waals surface area (Å²) in [6, 6.07) is 13.6. The number of nitrogens with zero attached hydrogens (tertiary/aromatic N) is 2. The van der Waals surface area contributed by atoms with E-state index >= 15 is 0 Å². The number of ether oxygens (including phenoxy) is 1. The lowest BCUT2D eigenvalue weighted by atomic mass is 10.2. The van der Waals surface area contributed by atoms with E-state index < -0.39 is 5.91 Å². The molecule has 0 saturated heterocycles. The summed E-state index contributed by atoms with van der Waals surface area (Å²) in [5, 5.41) is 17.6. The summed E-state index contributed by atoms with van der Waals surface area (Å²) in [4.78, 5) is 12.4. The molecule has 0 fully saturated rings. The third-order valence-corrected chi connectivity index (χ3v) is 3.91. The molecule has 1 aromatic heterocycles. The number of amides is 1. The lowest BCUT2D eigenvalue weighted by Gasteiger charge is -2.10. The van der Waals surface area contributed by atoms with Gasteiger partial charge >= 0.3 is 0 Å². The molecule has 128 valence electrons. The van der Waals surface area contributed by atoms with Crippen LogP contribution in [0.1, 0.15) is 15.9 Å². The monoisotopic (exact) mass is 357 g/mol. The molecule has 25 heavy (non-hydrogen) atoms. The minimum absolute atomic E-state index is 0.152. The molecule has 0 aliphatic rings. The fourth-order valence-corrected chi connectivity index (χ4v) is 2.47. The molecular weight excluding hydrogens is 342 g/mol. The smallest absolute Gasteiger partial charge is 0.260 e. The average Bonchev–Trinajstić information content (AvgIpc) is 3.03. The number of rotatable bonds is 5. The molecule has 0 saturated carbocycles. The Balaban J connectivity index is 1.76. The van der Waals surface area contributed by atoms with Gasteiger partial charge in [-0.05, 0) is 29.8 Å². The number of carbonyl (C=O) groups excluding carboxylic acids is 1. The molecule has 0 radical (unpaired) electrons. The Hall–Kier alpha value is -2.99. The van der Waals surface area contributed by atoms with Crippen molar-refractivity contribution in [3.63, 3.8) is 0 Å². The van der Waals surface area contributed by atoms with Gasteiger partial charge in [0, 0.05) is 17.2 Å². The van der Waals surface area contributed by atoms with Gasteiger partial charge in [-0.25, -0.2) is 4.68 Å². The minimum Gasteiger partial charge on any atom is -0.507 e. The van der Waals surface area contributed by atoms with Crippen molar-refractivity contribution in [2.75, 3.05) is 12.4 Å². The summed E-state index contributed by atoms with van der Waals surface area (Å²) in [5.74, 6) is 0.413. The molecular formula is C18H16ClN3O3. The Kier molecular flexibility index (Phi) is 4.90. The van der Waals surface area contributed by atoms with Gasteiger partial charge in [0.05, 0.1) is 25.4 Å². The van der Waals surface area contributed by atoms with Crippen molar-refractivity contribution < 1.29 is 14.6 Å². The highest BCUT2D eigenvalue weighted by atomic mass is 35.5. The summed E-state index contributed by atoms with van der Waals surface area (Å²) < 4.78 is 6.67. The number of benzene rings is 2. The fourth-order valence-electron chi connectivity index (χ4n) is 2.34. The maximum Gasteiger partial charge on any atom is 0.260 e. The summed E-state index contributed by atoms with van der Waals surface area (Å²) in [6.07, 6.45) is 1.60. The zero-order valence-corrected chi connectivity index (χ0v) is 14.2. The van der Waals surface area contributed by atoms with Gasteiger partial charge in [0.2, 0.25) is 0 Å². The van der Waals surface area contributed by atoms with Crippen LogP contribution in [0.2, 0.25) is 5.02 Å². The van der Waals surface area contributed by atoms with E-state index in [0.717, 1.165) is 5.56 Å². The van der Waals surface area contributed by atoms with Gasteiger partial charge in [-0.3, -0.25) is 4.79 Å². The number of phenolic OH excluding ortho intramolecular Hbond substituents is 1. The number of anilines is 1. The van der Waals surface area contributed by atoms with Crippen molar-refractivity contribution in [1.82, 2.24) is 9.78 Å². The number of aromatic nitrogens is 2. The van der Waals surface area contributed by atoms with Crippen molar-refractivity contribution in [3.05, 3.63) is 70.9 Å². The molecule has 6 nitrogen and oxygen atoms in total. The SMILES string of the molecule is COc1ccc(C(=O)Nc2ccnn2Cc2ccc(Cl)cc2)c(O)c1. The third-order valence-electron chi connectivity index (χ3n) is 3.65. The first kappa shape index (κ1) is 16.9. The van der Waals surface area contributed by atoms with Crippen molar-refractivity contribution in [3.8, 4) is 11.5 Å². The van der Waals surface area contributed by atoms with Gasteiger partial charge in [0.1, 0.15) is 17.3 Å². The summed E-state index contributed by atoms with van der Waals surface area (Å²) in [7, 11) is 1.49. The Morgan fingerprint density at radius 3 is 2.68 bits per heavy atom. The lowest BCUT2D eigenvalue weighted by Crippen LogP contribution is -2.16. The number of methoxy groups -OCH3 is 1. The predicted octanol–water partition coefficient (Wildman–Crippen LogP) is 3.55. The van der Waals surface area contributed by atoms with E-state index in [0.29, 0.717) is 23.1 Å². The second-order valence-electron chi connectivity index (χ2n) is 5.34. The zero-order valence-electron chi connectivity index (χ0n) is 13.4. The third kappa shape index (κ3) is 3.92. The molecule has 2 N–H and O–H groups in total. The summed E-state index contributed by atoms with van der Waals surface area (Å²) >= 11 is 5.89. The Bertz CT molecular complexity index is 891. The molecule has 1 heterocycles. The number of nitrogens with one attached hydrogen (secondary N) is 1. The Morgan fingerprint density at radius 1 is 1.24 bits per heavy atom. The predicted molar refractivity (Wildman–Crippen MR) is 95.4 cm³/mol. The van der Waals surface area contributed by atoms with Crippen LogP contribution < -0.4 is 10.1 Å². The standard InChI is InChI=1S/C18H16ClN3O3/c1-25-14-6-7-15(16(23)10-14)18(24)21-17-8-9-20-22(17)11-12-2-4-13(19)5-3-12/h2-10,23H,11H2,1H3,(H,21,24). The molecule has 1 amide bonds. The van der Waals surface area contributed by atoms with Crippen LogP contribution in [0.5, 0.6) is 11.5 Å². The van der Waals surface area contributed by atoms with Gasteiger partial charge in [0.15, 0.2) is 0 Å². The molecule has 3 rings (SSSR count). The molecule has 0 aliphatic carbocycles. The van der Waals surface area contributed by atoms with E-state index in [1.807, 2.05) is 12.1 Å².